The molecule has 0 aliphatic carbocycles. The zero-order chi connectivity index (χ0) is 12.3. The van der Waals surface area contributed by atoms with Gasteiger partial charge in [0.2, 0.25) is 0 Å². The molecule has 0 aromatic heterocycles. The van der Waals surface area contributed by atoms with Crippen molar-refractivity contribution >= 4 is 5.78 Å². The van der Waals surface area contributed by atoms with Crippen molar-refractivity contribution in [1.29, 1.82) is 0 Å². The Morgan fingerprint density at radius 2 is 1.88 bits per heavy atom. The van der Waals surface area contributed by atoms with Gasteiger partial charge in [0.05, 0.1) is 0 Å². The third-order valence-corrected chi connectivity index (χ3v) is 2.49. The predicted octanol–water partition coefficient (Wildman–Crippen LogP) is 2.35. The number of ketones is 1. The molecule has 0 fully saturated rings. The highest BCUT2D eigenvalue weighted by atomic mass is 16.3. The van der Waals surface area contributed by atoms with Gasteiger partial charge in [0, 0.05) is 11.6 Å². The molecule has 0 unspecified atom stereocenters. The molecule has 0 bridgehead atoms. The number of Topliss-reactive ketones (excluding diaryl/α,β-unsaturated/α-hetero) is 1. The number of benzene rings is 1. The van der Waals surface area contributed by atoms with Crippen molar-refractivity contribution in [2.45, 2.75) is 33.1 Å². The van der Waals surface area contributed by atoms with Gasteiger partial charge in [-0.1, -0.05) is 13.3 Å². The van der Waals surface area contributed by atoms with Crippen molar-refractivity contribution in [2.75, 3.05) is 0 Å². The van der Waals surface area contributed by atoms with Crippen LogP contribution in [0.1, 0.15) is 42.6 Å². The van der Waals surface area contributed by atoms with Crippen LogP contribution in [-0.4, -0.2) is 21.1 Å². The highest BCUT2D eigenvalue weighted by molar-refractivity contribution is 6.00. The highest BCUT2D eigenvalue weighted by Crippen LogP contribution is 2.38. The first-order chi connectivity index (χ1) is 7.49. The zero-order valence-electron chi connectivity index (χ0n) is 9.45. The summed E-state index contributed by atoms with van der Waals surface area (Å²) in [5.41, 5.74) is 0.203. The van der Waals surface area contributed by atoms with Crippen LogP contribution in [0.5, 0.6) is 17.2 Å². The molecular weight excluding hydrogens is 208 g/mol. The minimum Gasteiger partial charge on any atom is -0.507 e. The lowest BCUT2D eigenvalue weighted by atomic mass is 9.99. The number of hydrogen-bond acceptors (Lipinski definition) is 4. The first-order valence-corrected chi connectivity index (χ1v) is 5.26. The Hall–Kier alpha value is -1.71. The van der Waals surface area contributed by atoms with E-state index in [2.05, 4.69) is 0 Å². The maximum atomic E-state index is 11.2. The van der Waals surface area contributed by atoms with Crippen molar-refractivity contribution in [1.82, 2.24) is 0 Å². The van der Waals surface area contributed by atoms with Crippen LogP contribution in [0.2, 0.25) is 0 Å². The summed E-state index contributed by atoms with van der Waals surface area (Å²) in [6.45, 7) is 3.25. The van der Waals surface area contributed by atoms with E-state index in [4.69, 9.17) is 0 Å². The van der Waals surface area contributed by atoms with Crippen LogP contribution >= 0.6 is 0 Å². The second kappa shape index (κ2) is 4.88. The molecule has 0 aliphatic heterocycles. The van der Waals surface area contributed by atoms with E-state index < -0.39 is 5.78 Å². The molecule has 0 amide bonds. The Kier molecular flexibility index (Phi) is 3.77. The number of phenolic OH excluding ortho intramolecular Hbond substituents is 3. The number of carbonyl (C=O) groups excluding carboxylic acids is 1. The molecule has 0 atom stereocenters. The Labute approximate surface area is 94.2 Å². The van der Waals surface area contributed by atoms with Gasteiger partial charge in [0.1, 0.15) is 22.8 Å². The summed E-state index contributed by atoms with van der Waals surface area (Å²) in [6, 6.07) is 1.10. The number of hydrogen-bond donors (Lipinski definition) is 3. The van der Waals surface area contributed by atoms with Crippen LogP contribution in [0.4, 0.5) is 0 Å². The summed E-state index contributed by atoms with van der Waals surface area (Å²) < 4.78 is 0. The van der Waals surface area contributed by atoms with Crippen LogP contribution in [0.15, 0.2) is 6.07 Å². The number of unbranched alkanes of at least 4 members (excludes halogenated alkanes) is 1. The second-order valence-corrected chi connectivity index (χ2v) is 3.78. The number of phenols is 3. The molecule has 4 heteroatoms. The lowest BCUT2D eigenvalue weighted by Crippen LogP contribution is -1.98. The molecule has 0 heterocycles. The molecule has 0 saturated heterocycles. The van der Waals surface area contributed by atoms with E-state index in [1.165, 1.54) is 6.92 Å². The lowest BCUT2D eigenvalue weighted by molar-refractivity contribution is 0.101. The molecular formula is C12H16O4. The molecule has 1 aromatic carbocycles. The summed E-state index contributed by atoms with van der Waals surface area (Å²) in [6.07, 6.45) is 2.19. The first-order valence-electron chi connectivity index (χ1n) is 5.26. The van der Waals surface area contributed by atoms with Gasteiger partial charge in [-0.05, 0) is 19.8 Å². The zero-order valence-corrected chi connectivity index (χ0v) is 9.45. The minimum absolute atomic E-state index is 0.121. The van der Waals surface area contributed by atoms with E-state index in [1.54, 1.807) is 0 Å². The summed E-state index contributed by atoms with van der Waals surface area (Å²) in [5.74, 6) is -1.29. The van der Waals surface area contributed by atoms with Crippen molar-refractivity contribution < 1.29 is 20.1 Å². The minimum atomic E-state index is -0.423. The summed E-state index contributed by atoms with van der Waals surface area (Å²) in [7, 11) is 0. The van der Waals surface area contributed by atoms with Crippen molar-refractivity contribution in [3.05, 3.63) is 17.2 Å². The molecule has 0 aliphatic rings. The molecule has 16 heavy (non-hydrogen) atoms. The molecule has 88 valence electrons. The topological polar surface area (TPSA) is 77.8 Å². The SMILES string of the molecule is CCCCc1c(O)cc(O)c(C(C)=O)c1O. The summed E-state index contributed by atoms with van der Waals surface area (Å²) in [5, 5.41) is 28.8. The Morgan fingerprint density at radius 1 is 1.25 bits per heavy atom. The monoisotopic (exact) mass is 224 g/mol. The van der Waals surface area contributed by atoms with E-state index in [-0.39, 0.29) is 22.8 Å². The predicted molar refractivity (Wildman–Crippen MR) is 60.1 cm³/mol. The van der Waals surface area contributed by atoms with Gasteiger partial charge in [-0.15, -0.1) is 0 Å². The number of aromatic hydroxyl groups is 3. The van der Waals surface area contributed by atoms with Gasteiger partial charge in [0.15, 0.2) is 5.78 Å². The first kappa shape index (κ1) is 12.4. The van der Waals surface area contributed by atoms with E-state index in [9.17, 15) is 20.1 Å². The fourth-order valence-corrected chi connectivity index (χ4v) is 1.63. The third-order valence-electron chi connectivity index (χ3n) is 2.49. The highest BCUT2D eigenvalue weighted by Gasteiger charge is 2.19. The standard InChI is InChI=1S/C12H16O4/c1-3-4-5-8-9(14)6-10(15)11(7(2)13)12(8)16/h6,14-16H,3-5H2,1-2H3. The van der Waals surface area contributed by atoms with Gasteiger partial charge in [-0.25, -0.2) is 0 Å². The van der Waals surface area contributed by atoms with Gasteiger partial charge in [-0.2, -0.15) is 0 Å². The summed E-state index contributed by atoms with van der Waals surface area (Å²) >= 11 is 0. The van der Waals surface area contributed by atoms with Crippen LogP contribution in [0.3, 0.4) is 0 Å². The average Bonchev–Trinajstić information content (AvgIpc) is 2.16. The van der Waals surface area contributed by atoms with E-state index in [0.717, 1.165) is 18.9 Å². The smallest absolute Gasteiger partial charge is 0.167 e. The average molecular weight is 224 g/mol. The normalized spacial score (nSPS) is 10.4. The maximum absolute atomic E-state index is 11.2. The van der Waals surface area contributed by atoms with Crippen LogP contribution in [-0.2, 0) is 6.42 Å². The van der Waals surface area contributed by atoms with Crippen LogP contribution in [0, 0.1) is 0 Å². The van der Waals surface area contributed by atoms with Gasteiger partial charge in [-0.3, -0.25) is 4.79 Å². The van der Waals surface area contributed by atoms with Crippen molar-refractivity contribution in [3.8, 4) is 17.2 Å². The number of rotatable bonds is 4. The Balaban J connectivity index is 3.27. The molecule has 0 saturated carbocycles. The van der Waals surface area contributed by atoms with Crippen LogP contribution < -0.4 is 0 Å². The van der Waals surface area contributed by atoms with E-state index in [0.29, 0.717) is 12.0 Å². The van der Waals surface area contributed by atoms with Gasteiger partial charge < -0.3 is 15.3 Å². The van der Waals surface area contributed by atoms with E-state index >= 15 is 0 Å². The fraction of sp³-hybridized carbons (Fsp3) is 0.417. The fourth-order valence-electron chi connectivity index (χ4n) is 1.63. The molecule has 3 N–H and O–H groups in total. The third kappa shape index (κ3) is 2.27. The van der Waals surface area contributed by atoms with Gasteiger partial charge >= 0.3 is 0 Å². The molecule has 1 rings (SSSR count). The van der Waals surface area contributed by atoms with Crippen molar-refractivity contribution in [3.63, 3.8) is 0 Å². The molecule has 0 radical (unpaired) electrons. The lowest BCUT2D eigenvalue weighted by Gasteiger charge is -2.11. The largest absolute Gasteiger partial charge is 0.507 e. The molecule has 0 spiro atoms. The van der Waals surface area contributed by atoms with Gasteiger partial charge in [0.25, 0.3) is 0 Å². The van der Waals surface area contributed by atoms with Crippen molar-refractivity contribution in [2.24, 2.45) is 0 Å². The molecule has 4 nitrogen and oxygen atoms in total. The second-order valence-electron chi connectivity index (χ2n) is 3.78. The van der Waals surface area contributed by atoms with E-state index in [1.807, 2.05) is 6.92 Å². The summed E-state index contributed by atoms with van der Waals surface area (Å²) in [4.78, 5) is 11.2. The maximum Gasteiger partial charge on any atom is 0.167 e. The van der Waals surface area contributed by atoms with Crippen LogP contribution in [0.25, 0.3) is 0 Å². The Bertz CT molecular complexity index is 410. The number of carbonyl (C=O) groups is 1. The Morgan fingerprint density at radius 3 is 2.38 bits per heavy atom. The molecule has 1 aromatic rings. The quantitative estimate of drug-likeness (QED) is 0.686.